The number of rotatable bonds is 5. The van der Waals surface area contributed by atoms with Crippen molar-refractivity contribution < 1.29 is 14.3 Å². The molecule has 1 unspecified atom stereocenters. The van der Waals surface area contributed by atoms with E-state index in [0.717, 1.165) is 16.0 Å². The fraction of sp³-hybridized carbons (Fsp3) is 0.200. The van der Waals surface area contributed by atoms with E-state index in [1.54, 1.807) is 7.11 Å². The Labute approximate surface area is 171 Å². The van der Waals surface area contributed by atoms with Crippen LogP contribution < -0.4 is 20.5 Å². The molecule has 0 spiro atoms. The summed E-state index contributed by atoms with van der Waals surface area (Å²) in [6.45, 7) is 0.281. The number of nitrogens with one attached hydrogen (secondary N) is 1. The van der Waals surface area contributed by atoms with Gasteiger partial charge in [0.2, 0.25) is 5.91 Å². The minimum absolute atomic E-state index is 0.109. The number of nitrogen functional groups attached to an aromatic ring is 1. The number of carbonyl (C=O) groups excluding carboxylic acids is 1. The Balaban J connectivity index is 1.74. The van der Waals surface area contributed by atoms with Gasteiger partial charge in [0, 0.05) is 28.5 Å². The van der Waals surface area contributed by atoms with Crippen molar-refractivity contribution in [3.05, 3.63) is 63.5 Å². The topological polar surface area (TPSA) is 86.5 Å². The van der Waals surface area contributed by atoms with Gasteiger partial charge in [-0.15, -0.1) is 0 Å². The molecule has 8 heteroatoms. The van der Waals surface area contributed by atoms with E-state index in [2.05, 4.69) is 10.3 Å². The number of hydrogen-bond donors (Lipinski definition) is 2. The molecule has 0 aliphatic carbocycles. The fourth-order valence-electron chi connectivity index (χ4n) is 3.27. The summed E-state index contributed by atoms with van der Waals surface area (Å²) in [7, 11) is 1.59. The first-order valence-corrected chi connectivity index (χ1v) is 9.85. The molecule has 0 saturated carbocycles. The predicted octanol–water partition coefficient (Wildman–Crippen LogP) is 4.44. The molecule has 0 saturated heterocycles. The highest BCUT2D eigenvalue weighted by Crippen LogP contribution is 2.46. The summed E-state index contributed by atoms with van der Waals surface area (Å²) in [4.78, 5) is 17.4. The van der Waals surface area contributed by atoms with Gasteiger partial charge in [-0.2, -0.15) is 0 Å². The molecule has 1 aliphatic rings. The largest absolute Gasteiger partial charge is 0.493 e. The van der Waals surface area contributed by atoms with E-state index in [4.69, 9.17) is 26.8 Å². The lowest BCUT2D eigenvalue weighted by atomic mass is 9.90. The van der Waals surface area contributed by atoms with Gasteiger partial charge in [0.25, 0.3) is 0 Å². The Kier molecular flexibility index (Phi) is 5.11. The number of carbonyl (C=O) groups is 1. The van der Waals surface area contributed by atoms with Crippen molar-refractivity contribution in [1.29, 1.82) is 0 Å². The Morgan fingerprint density at radius 1 is 1.29 bits per heavy atom. The van der Waals surface area contributed by atoms with Crippen molar-refractivity contribution >= 4 is 39.8 Å². The molecule has 2 heterocycles. The lowest BCUT2D eigenvalue weighted by Crippen LogP contribution is -2.23. The van der Waals surface area contributed by atoms with Crippen molar-refractivity contribution in [2.75, 3.05) is 18.2 Å². The second-order valence-electron chi connectivity index (χ2n) is 6.33. The number of fused-ring (bicyclic) bond motifs is 1. The highest BCUT2D eigenvalue weighted by Gasteiger charge is 2.32. The van der Waals surface area contributed by atoms with Crippen molar-refractivity contribution in [3.63, 3.8) is 0 Å². The highest BCUT2D eigenvalue weighted by atomic mass is 35.5. The normalized spacial score (nSPS) is 15.6. The molecule has 4 rings (SSSR count). The predicted molar refractivity (Wildman–Crippen MR) is 110 cm³/mol. The van der Waals surface area contributed by atoms with E-state index in [1.807, 2.05) is 42.5 Å². The molecule has 0 radical (unpaired) electrons. The van der Waals surface area contributed by atoms with Crippen molar-refractivity contribution in [2.24, 2.45) is 0 Å². The number of hydrogen-bond acceptors (Lipinski definition) is 6. The smallest absolute Gasteiger partial charge is 0.226 e. The van der Waals surface area contributed by atoms with E-state index in [1.165, 1.54) is 11.3 Å². The van der Waals surface area contributed by atoms with Crippen LogP contribution in [0.1, 0.15) is 28.3 Å². The molecule has 6 nitrogen and oxygen atoms in total. The standard InChI is InChI=1S/C20H18ClN3O3S/c1-26-15-8-4-6-12(17(15)27-10-11-5-2-3-7-14(11)21)13-9-16(25)23-19-18(13)28-20(22)24-19/h2-8,13H,9-10H2,1H3,(H2,22,24)(H,23,25). The average Bonchev–Trinajstić information content (AvgIpc) is 3.06. The van der Waals surface area contributed by atoms with Gasteiger partial charge < -0.3 is 20.5 Å². The number of thiazole rings is 1. The summed E-state index contributed by atoms with van der Waals surface area (Å²) in [5.41, 5.74) is 7.59. The van der Waals surface area contributed by atoms with Gasteiger partial charge in [-0.3, -0.25) is 4.79 Å². The molecule has 28 heavy (non-hydrogen) atoms. The van der Waals surface area contributed by atoms with E-state index in [0.29, 0.717) is 27.5 Å². The van der Waals surface area contributed by atoms with Crippen LogP contribution >= 0.6 is 22.9 Å². The lowest BCUT2D eigenvalue weighted by Gasteiger charge is -2.24. The maximum Gasteiger partial charge on any atom is 0.226 e. The first kappa shape index (κ1) is 18.6. The van der Waals surface area contributed by atoms with E-state index < -0.39 is 0 Å². The van der Waals surface area contributed by atoms with Crippen molar-refractivity contribution in [1.82, 2.24) is 4.98 Å². The zero-order valence-electron chi connectivity index (χ0n) is 15.1. The van der Waals surface area contributed by atoms with Gasteiger partial charge >= 0.3 is 0 Å². The van der Waals surface area contributed by atoms with Crippen LogP contribution in [-0.4, -0.2) is 18.0 Å². The first-order valence-electron chi connectivity index (χ1n) is 8.66. The molecular formula is C20H18ClN3O3S. The van der Waals surface area contributed by atoms with Crippen LogP contribution in [0, 0.1) is 0 Å². The van der Waals surface area contributed by atoms with Crippen LogP contribution in [-0.2, 0) is 11.4 Å². The van der Waals surface area contributed by atoms with Gasteiger partial charge in [-0.05, 0) is 12.1 Å². The Hall–Kier alpha value is -2.77. The molecule has 144 valence electrons. The van der Waals surface area contributed by atoms with Crippen LogP contribution in [0.5, 0.6) is 11.5 Å². The molecule has 1 atom stereocenters. The summed E-state index contributed by atoms with van der Waals surface area (Å²) < 4.78 is 11.7. The van der Waals surface area contributed by atoms with Gasteiger partial charge in [0.1, 0.15) is 12.4 Å². The number of amides is 1. The van der Waals surface area contributed by atoms with Gasteiger partial charge in [-0.1, -0.05) is 53.3 Å². The summed E-state index contributed by atoms with van der Waals surface area (Å²) in [6.07, 6.45) is 0.282. The molecule has 0 fully saturated rings. The number of benzene rings is 2. The molecule has 1 aromatic heterocycles. The third-order valence-corrected chi connectivity index (χ3v) is 5.94. The molecule has 3 N–H and O–H groups in total. The number of methoxy groups -OCH3 is 1. The van der Waals surface area contributed by atoms with E-state index in [9.17, 15) is 4.79 Å². The van der Waals surface area contributed by atoms with Crippen LogP contribution in [0.15, 0.2) is 42.5 Å². The second kappa shape index (κ2) is 7.69. The molecule has 0 bridgehead atoms. The number of nitrogens with two attached hydrogens (primary N) is 1. The van der Waals surface area contributed by atoms with E-state index >= 15 is 0 Å². The zero-order chi connectivity index (χ0) is 19.7. The molecule has 1 aliphatic heterocycles. The molecule has 3 aromatic rings. The lowest BCUT2D eigenvalue weighted by molar-refractivity contribution is -0.116. The van der Waals surface area contributed by atoms with Crippen LogP contribution in [0.2, 0.25) is 5.02 Å². The van der Waals surface area contributed by atoms with Gasteiger partial charge in [0.05, 0.1) is 12.0 Å². The quantitative estimate of drug-likeness (QED) is 0.643. The summed E-state index contributed by atoms with van der Waals surface area (Å²) in [5, 5.41) is 3.83. The second-order valence-corrected chi connectivity index (χ2v) is 7.80. The van der Waals surface area contributed by atoms with Crippen molar-refractivity contribution in [3.8, 4) is 11.5 Å². The number of nitrogens with zero attached hydrogens (tertiary/aromatic N) is 1. The van der Waals surface area contributed by atoms with Crippen LogP contribution in [0.3, 0.4) is 0 Å². The Morgan fingerprint density at radius 3 is 2.89 bits per heavy atom. The fourth-order valence-corrected chi connectivity index (χ4v) is 4.37. The van der Waals surface area contributed by atoms with Crippen LogP contribution in [0.25, 0.3) is 0 Å². The maximum absolute atomic E-state index is 12.2. The minimum Gasteiger partial charge on any atom is -0.493 e. The number of para-hydroxylation sites is 1. The zero-order valence-corrected chi connectivity index (χ0v) is 16.6. The summed E-state index contributed by atoms with van der Waals surface area (Å²) in [6, 6.07) is 13.2. The number of halogens is 1. The van der Waals surface area contributed by atoms with E-state index in [-0.39, 0.29) is 24.9 Å². The number of aromatic nitrogens is 1. The molecule has 1 amide bonds. The highest BCUT2D eigenvalue weighted by molar-refractivity contribution is 7.16. The number of anilines is 2. The molecular weight excluding hydrogens is 398 g/mol. The van der Waals surface area contributed by atoms with Crippen LogP contribution in [0.4, 0.5) is 10.9 Å². The van der Waals surface area contributed by atoms with Gasteiger partial charge in [0.15, 0.2) is 16.6 Å². The first-order chi connectivity index (χ1) is 13.6. The Morgan fingerprint density at radius 2 is 2.11 bits per heavy atom. The Bertz CT molecular complexity index is 1040. The summed E-state index contributed by atoms with van der Waals surface area (Å²) in [5.74, 6) is 1.37. The number of ether oxygens (including phenoxy) is 2. The monoisotopic (exact) mass is 415 g/mol. The SMILES string of the molecule is COc1cccc(C2CC(=O)Nc3nc(N)sc32)c1OCc1ccccc1Cl. The minimum atomic E-state index is -0.213. The third kappa shape index (κ3) is 3.50. The maximum atomic E-state index is 12.2. The van der Waals surface area contributed by atoms with Gasteiger partial charge in [-0.25, -0.2) is 4.98 Å². The molecule has 2 aromatic carbocycles. The van der Waals surface area contributed by atoms with Crippen molar-refractivity contribution in [2.45, 2.75) is 18.9 Å². The third-order valence-electron chi connectivity index (χ3n) is 4.57. The average molecular weight is 416 g/mol. The summed E-state index contributed by atoms with van der Waals surface area (Å²) >= 11 is 7.63.